The van der Waals surface area contributed by atoms with Crippen LogP contribution in [0.3, 0.4) is 0 Å². The zero-order valence-electron chi connectivity index (χ0n) is 8.80. The van der Waals surface area contributed by atoms with Crippen LogP contribution in [-0.2, 0) is 0 Å². The van der Waals surface area contributed by atoms with Crippen molar-refractivity contribution in [3.8, 4) is 5.75 Å². The molecule has 0 aliphatic heterocycles. The molecule has 0 bridgehead atoms. The summed E-state index contributed by atoms with van der Waals surface area (Å²) in [5.74, 6) is -1.26. The van der Waals surface area contributed by atoms with E-state index in [9.17, 15) is 14.9 Å². The van der Waals surface area contributed by atoms with Crippen LogP contribution in [0.4, 0.5) is 5.69 Å². The van der Waals surface area contributed by atoms with Gasteiger partial charge in [-0.3, -0.25) is 10.1 Å². The first-order valence-electron chi connectivity index (χ1n) is 4.55. The van der Waals surface area contributed by atoms with Crippen molar-refractivity contribution in [3.05, 3.63) is 44.4 Å². The Labute approximate surface area is 112 Å². The summed E-state index contributed by atoms with van der Waals surface area (Å²) in [6.07, 6.45) is 0. The molecule has 0 aliphatic carbocycles. The molecule has 96 valence electrons. The van der Waals surface area contributed by atoms with Gasteiger partial charge in [-0.15, -0.1) is 0 Å². The lowest BCUT2D eigenvalue weighted by Crippen LogP contribution is -2.04. The van der Waals surface area contributed by atoms with Crippen molar-refractivity contribution in [2.45, 2.75) is 0 Å². The SMILES string of the molecule is O=C(O)c1cc(OC/C(Cl)=C/Cl)ccc1[N+](=O)[O-]. The van der Waals surface area contributed by atoms with Gasteiger partial charge in [-0.2, -0.15) is 0 Å². The summed E-state index contributed by atoms with van der Waals surface area (Å²) in [5.41, 5.74) is 0.141. The number of nitrogens with zero attached hydrogens (tertiary/aromatic N) is 1. The summed E-state index contributed by atoms with van der Waals surface area (Å²) in [4.78, 5) is 20.7. The van der Waals surface area contributed by atoms with Crippen molar-refractivity contribution < 1.29 is 19.6 Å². The highest BCUT2D eigenvalue weighted by Gasteiger charge is 2.20. The maximum absolute atomic E-state index is 10.9. The third kappa shape index (κ3) is 3.61. The second kappa shape index (κ2) is 6.23. The van der Waals surface area contributed by atoms with Crippen molar-refractivity contribution >= 4 is 34.9 Å². The Morgan fingerprint density at radius 2 is 2.22 bits per heavy atom. The van der Waals surface area contributed by atoms with Crippen LogP contribution in [0.15, 0.2) is 28.8 Å². The number of benzene rings is 1. The van der Waals surface area contributed by atoms with Gasteiger partial charge in [0.2, 0.25) is 0 Å². The molecule has 1 aromatic carbocycles. The molecule has 0 amide bonds. The first-order chi connectivity index (χ1) is 8.45. The van der Waals surface area contributed by atoms with Crippen molar-refractivity contribution in [2.75, 3.05) is 6.61 Å². The number of carbonyl (C=O) groups is 1. The number of carboxylic acids is 1. The van der Waals surface area contributed by atoms with Gasteiger partial charge in [-0.25, -0.2) is 4.79 Å². The summed E-state index contributed by atoms with van der Waals surface area (Å²) in [6.45, 7) is -0.0536. The van der Waals surface area contributed by atoms with Gasteiger partial charge < -0.3 is 9.84 Å². The van der Waals surface area contributed by atoms with E-state index in [0.717, 1.165) is 17.7 Å². The molecule has 0 saturated heterocycles. The van der Waals surface area contributed by atoms with E-state index in [1.54, 1.807) is 0 Å². The normalized spacial score (nSPS) is 11.1. The van der Waals surface area contributed by atoms with Crippen LogP contribution < -0.4 is 4.74 Å². The third-order valence-corrected chi connectivity index (χ3v) is 2.48. The number of halogens is 2. The number of hydrogen-bond acceptors (Lipinski definition) is 4. The minimum atomic E-state index is -1.41. The van der Waals surface area contributed by atoms with Crippen molar-refractivity contribution in [1.82, 2.24) is 0 Å². The summed E-state index contributed by atoms with van der Waals surface area (Å²) in [5, 5.41) is 19.7. The van der Waals surface area contributed by atoms with E-state index in [0.29, 0.717) is 0 Å². The van der Waals surface area contributed by atoms with Crippen LogP contribution in [0, 0.1) is 10.1 Å². The molecule has 8 heteroatoms. The zero-order valence-corrected chi connectivity index (χ0v) is 10.3. The monoisotopic (exact) mass is 291 g/mol. The molecule has 1 aromatic rings. The molecule has 0 saturated carbocycles. The van der Waals surface area contributed by atoms with E-state index in [1.807, 2.05) is 0 Å². The number of ether oxygens (including phenoxy) is 1. The van der Waals surface area contributed by atoms with Gasteiger partial charge in [0.1, 0.15) is 17.9 Å². The Kier molecular flexibility index (Phi) is 4.94. The molecule has 0 radical (unpaired) electrons. The maximum atomic E-state index is 10.9. The molecule has 0 spiro atoms. The molecule has 1 N–H and O–H groups in total. The van der Waals surface area contributed by atoms with Gasteiger partial charge in [0.05, 0.1) is 9.96 Å². The summed E-state index contributed by atoms with van der Waals surface area (Å²) in [7, 11) is 0. The fraction of sp³-hybridized carbons (Fsp3) is 0.100. The smallest absolute Gasteiger partial charge is 0.342 e. The molecular formula is C10H7Cl2NO5. The molecule has 0 heterocycles. The van der Waals surface area contributed by atoms with Crippen molar-refractivity contribution in [2.24, 2.45) is 0 Å². The number of nitro groups is 1. The number of nitro benzene ring substituents is 1. The lowest BCUT2D eigenvalue weighted by molar-refractivity contribution is -0.385. The largest absolute Gasteiger partial charge is 0.488 e. The average Bonchev–Trinajstić information content (AvgIpc) is 2.35. The molecule has 0 fully saturated rings. The van der Waals surface area contributed by atoms with Gasteiger partial charge in [-0.1, -0.05) is 23.2 Å². The lowest BCUT2D eigenvalue weighted by atomic mass is 10.1. The lowest BCUT2D eigenvalue weighted by Gasteiger charge is -2.06. The Morgan fingerprint density at radius 3 is 2.72 bits per heavy atom. The van der Waals surface area contributed by atoms with E-state index in [-0.39, 0.29) is 17.4 Å². The second-order valence-electron chi connectivity index (χ2n) is 3.09. The van der Waals surface area contributed by atoms with Gasteiger partial charge in [-0.05, 0) is 6.07 Å². The van der Waals surface area contributed by atoms with E-state index in [2.05, 4.69) is 0 Å². The van der Waals surface area contributed by atoms with Crippen LogP contribution in [0.2, 0.25) is 0 Å². The van der Waals surface area contributed by atoms with Crippen LogP contribution >= 0.6 is 23.2 Å². The molecule has 18 heavy (non-hydrogen) atoms. The predicted molar refractivity (Wildman–Crippen MR) is 65.3 cm³/mol. The van der Waals surface area contributed by atoms with Crippen LogP contribution in [0.5, 0.6) is 5.75 Å². The molecule has 0 atom stereocenters. The molecular weight excluding hydrogens is 285 g/mol. The summed E-state index contributed by atoms with van der Waals surface area (Å²) < 4.78 is 5.11. The van der Waals surface area contributed by atoms with Gasteiger partial charge in [0, 0.05) is 17.7 Å². The van der Waals surface area contributed by atoms with E-state index >= 15 is 0 Å². The number of rotatable bonds is 5. The number of hydrogen-bond donors (Lipinski definition) is 1. The highest BCUT2D eigenvalue weighted by Crippen LogP contribution is 2.24. The first-order valence-corrected chi connectivity index (χ1v) is 5.36. The third-order valence-electron chi connectivity index (χ3n) is 1.89. The van der Waals surface area contributed by atoms with Crippen LogP contribution in [0.1, 0.15) is 10.4 Å². The van der Waals surface area contributed by atoms with Crippen LogP contribution in [-0.4, -0.2) is 22.6 Å². The first kappa shape index (κ1) is 14.3. The number of aromatic carboxylic acids is 1. The minimum absolute atomic E-state index is 0.0536. The Hall–Kier alpha value is -1.79. The highest BCUT2D eigenvalue weighted by molar-refractivity contribution is 6.36. The Balaban J connectivity index is 3.00. The number of carboxylic acid groups (broad SMARTS) is 1. The summed E-state index contributed by atoms with van der Waals surface area (Å²) >= 11 is 10.9. The van der Waals surface area contributed by atoms with E-state index in [1.165, 1.54) is 6.07 Å². The standard InChI is InChI=1S/C10H7Cl2NO5/c11-4-6(12)5-18-7-1-2-9(13(16)17)8(3-7)10(14)15/h1-4H,5H2,(H,14,15)/b6-4-. The fourth-order valence-electron chi connectivity index (χ4n) is 1.12. The predicted octanol–water partition coefficient (Wildman–Crippen LogP) is 2.99. The summed E-state index contributed by atoms with van der Waals surface area (Å²) in [6, 6.07) is 3.39. The van der Waals surface area contributed by atoms with E-state index in [4.69, 9.17) is 33.0 Å². The topological polar surface area (TPSA) is 89.7 Å². The maximum Gasteiger partial charge on any atom is 0.342 e. The van der Waals surface area contributed by atoms with Crippen LogP contribution in [0.25, 0.3) is 0 Å². The minimum Gasteiger partial charge on any atom is -0.488 e. The quantitative estimate of drug-likeness (QED) is 0.665. The molecule has 1 rings (SSSR count). The molecule has 6 nitrogen and oxygen atoms in total. The van der Waals surface area contributed by atoms with Gasteiger partial charge in [0.15, 0.2) is 0 Å². The Bertz CT molecular complexity index is 515. The second-order valence-corrected chi connectivity index (χ2v) is 3.79. The zero-order chi connectivity index (χ0) is 13.7. The van der Waals surface area contributed by atoms with Gasteiger partial charge in [0.25, 0.3) is 5.69 Å². The highest BCUT2D eigenvalue weighted by atomic mass is 35.5. The Morgan fingerprint density at radius 1 is 1.56 bits per heavy atom. The van der Waals surface area contributed by atoms with E-state index < -0.39 is 22.1 Å². The van der Waals surface area contributed by atoms with Gasteiger partial charge >= 0.3 is 5.97 Å². The van der Waals surface area contributed by atoms with Crippen molar-refractivity contribution in [1.29, 1.82) is 0 Å². The fourth-order valence-corrected chi connectivity index (χ4v) is 1.24. The molecule has 0 unspecified atom stereocenters. The van der Waals surface area contributed by atoms with Crippen molar-refractivity contribution in [3.63, 3.8) is 0 Å². The average molecular weight is 292 g/mol. The molecule has 0 aliphatic rings. The molecule has 0 aromatic heterocycles.